The SMILES string of the molecule is Cc1ccc2sc(N(Cc3ccccc3)C(=O)c3cccc(F)c3)nc2c1C. The topological polar surface area (TPSA) is 33.2 Å². The molecule has 0 saturated carbocycles. The lowest BCUT2D eigenvalue weighted by Gasteiger charge is -2.20. The van der Waals surface area contributed by atoms with Gasteiger partial charge in [0.25, 0.3) is 5.91 Å². The number of thiazole rings is 1. The van der Waals surface area contributed by atoms with Crippen LogP contribution in [0.2, 0.25) is 0 Å². The van der Waals surface area contributed by atoms with Crippen molar-refractivity contribution >= 4 is 32.6 Å². The third-order valence-corrected chi connectivity index (χ3v) is 5.85. The van der Waals surface area contributed by atoms with Crippen LogP contribution in [0.3, 0.4) is 0 Å². The molecule has 0 aliphatic carbocycles. The number of hydrogen-bond donors (Lipinski definition) is 0. The minimum Gasteiger partial charge on any atom is -0.279 e. The van der Waals surface area contributed by atoms with Gasteiger partial charge in [0, 0.05) is 5.56 Å². The van der Waals surface area contributed by atoms with Crippen molar-refractivity contribution in [2.24, 2.45) is 0 Å². The number of aromatic nitrogens is 1. The van der Waals surface area contributed by atoms with Crippen molar-refractivity contribution in [3.63, 3.8) is 0 Å². The van der Waals surface area contributed by atoms with Crippen molar-refractivity contribution in [2.75, 3.05) is 4.90 Å². The highest BCUT2D eigenvalue weighted by atomic mass is 32.1. The Hall–Kier alpha value is -3.05. The summed E-state index contributed by atoms with van der Waals surface area (Å²) in [6.07, 6.45) is 0. The fraction of sp³-hybridized carbons (Fsp3) is 0.130. The second-order valence-electron chi connectivity index (χ2n) is 6.74. The van der Waals surface area contributed by atoms with Gasteiger partial charge in [-0.1, -0.05) is 53.8 Å². The first-order chi connectivity index (χ1) is 13.5. The Morgan fingerprint density at radius 2 is 1.82 bits per heavy atom. The first-order valence-corrected chi connectivity index (χ1v) is 9.82. The molecule has 140 valence electrons. The van der Waals surface area contributed by atoms with E-state index in [-0.39, 0.29) is 5.91 Å². The van der Waals surface area contributed by atoms with E-state index in [1.54, 1.807) is 17.0 Å². The fourth-order valence-electron chi connectivity index (χ4n) is 3.10. The molecule has 0 aliphatic heterocycles. The van der Waals surface area contributed by atoms with Crippen molar-refractivity contribution in [2.45, 2.75) is 20.4 Å². The highest BCUT2D eigenvalue weighted by molar-refractivity contribution is 7.22. The van der Waals surface area contributed by atoms with Gasteiger partial charge in [-0.2, -0.15) is 0 Å². The lowest BCUT2D eigenvalue weighted by molar-refractivity contribution is 0.0984. The number of fused-ring (bicyclic) bond motifs is 1. The van der Waals surface area contributed by atoms with E-state index in [2.05, 4.69) is 6.07 Å². The number of anilines is 1. The van der Waals surface area contributed by atoms with Crippen molar-refractivity contribution in [3.05, 3.63) is 94.8 Å². The maximum absolute atomic E-state index is 13.7. The standard InChI is InChI=1S/C23H19FN2OS/c1-15-11-12-20-21(16(15)2)25-23(28-20)26(14-17-7-4-3-5-8-17)22(27)18-9-6-10-19(24)13-18/h3-13H,14H2,1-2H3. The smallest absolute Gasteiger partial charge is 0.260 e. The molecule has 0 saturated heterocycles. The van der Waals surface area contributed by atoms with Crippen molar-refractivity contribution in [3.8, 4) is 0 Å². The molecule has 28 heavy (non-hydrogen) atoms. The lowest BCUT2D eigenvalue weighted by Crippen LogP contribution is -2.30. The van der Waals surface area contributed by atoms with E-state index in [0.717, 1.165) is 26.9 Å². The summed E-state index contributed by atoms with van der Waals surface area (Å²) in [6, 6.07) is 19.6. The van der Waals surface area contributed by atoms with Gasteiger partial charge < -0.3 is 0 Å². The van der Waals surface area contributed by atoms with Gasteiger partial charge in [0.05, 0.1) is 16.8 Å². The number of carbonyl (C=O) groups excluding carboxylic acids is 1. The number of halogens is 1. The highest BCUT2D eigenvalue weighted by Gasteiger charge is 2.22. The first-order valence-electron chi connectivity index (χ1n) is 9.01. The van der Waals surface area contributed by atoms with Gasteiger partial charge in [0.1, 0.15) is 5.82 Å². The van der Waals surface area contributed by atoms with Gasteiger partial charge in [0.15, 0.2) is 5.13 Å². The second-order valence-corrected chi connectivity index (χ2v) is 7.75. The average molecular weight is 390 g/mol. The molecule has 0 aliphatic rings. The van der Waals surface area contributed by atoms with Crippen LogP contribution in [0.1, 0.15) is 27.0 Å². The molecule has 3 aromatic carbocycles. The largest absolute Gasteiger partial charge is 0.279 e. The molecule has 0 N–H and O–H groups in total. The van der Waals surface area contributed by atoms with Crippen molar-refractivity contribution in [1.82, 2.24) is 4.98 Å². The Morgan fingerprint density at radius 3 is 2.57 bits per heavy atom. The van der Waals surface area contributed by atoms with Crippen LogP contribution in [0.4, 0.5) is 9.52 Å². The molecule has 0 atom stereocenters. The molecule has 0 radical (unpaired) electrons. The van der Waals surface area contributed by atoms with E-state index in [1.807, 2.05) is 50.2 Å². The van der Waals surface area contributed by atoms with E-state index < -0.39 is 5.82 Å². The molecule has 4 aromatic rings. The molecule has 1 amide bonds. The first kappa shape index (κ1) is 18.3. The van der Waals surface area contributed by atoms with Crippen LogP contribution in [-0.2, 0) is 6.54 Å². The monoisotopic (exact) mass is 390 g/mol. The fourth-order valence-corrected chi connectivity index (χ4v) is 4.12. The second kappa shape index (κ2) is 7.52. The summed E-state index contributed by atoms with van der Waals surface area (Å²) in [6.45, 7) is 4.46. The van der Waals surface area contributed by atoms with Gasteiger partial charge in [-0.25, -0.2) is 9.37 Å². The van der Waals surface area contributed by atoms with Crippen molar-refractivity contribution in [1.29, 1.82) is 0 Å². The number of amides is 1. The van der Waals surface area contributed by atoms with Gasteiger partial charge in [-0.05, 0) is 54.8 Å². The number of aryl methyl sites for hydroxylation is 2. The van der Waals surface area contributed by atoms with Crippen LogP contribution in [0.15, 0.2) is 66.7 Å². The average Bonchev–Trinajstić information content (AvgIpc) is 3.14. The minimum absolute atomic E-state index is 0.267. The third-order valence-electron chi connectivity index (χ3n) is 4.80. The van der Waals surface area contributed by atoms with Crippen LogP contribution in [0.25, 0.3) is 10.2 Å². The van der Waals surface area contributed by atoms with Crippen molar-refractivity contribution < 1.29 is 9.18 Å². The summed E-state index contributed by atoms with van der Waals surface area (Å²) in [7, 11) is 0. The number of carbonyl (C=O) groups is 1. The molecule has 0 spiro atoms. The van der Waals surface area contributed by atoms with E-state index in [0.29, 0.717) is 17.2 Å². The predicted octanol–water partition coefficient (Wildman–Crippen LogP) is 5.90. The van der Waals surface area contributed by atoms with Crippen LogP contribution in [0.5, 0.6) is 0 Å². The van der Waals surface area contributed by atoms with Gasteiger partial charge in [-0.3, -0.25) is 9.69 Å². The van der Waals surface area contributed by atoms with E-state index in [1.165, 1.54) is 23.5 Å². The number of rotatable bonds is 4. The zero-order chi connectivity index (χ0) is 19.7. The minimum atomic E-state index is -0.429. The molecule has 1 aromatic heterocycles. The Balaban J connectivity index is 1.80. The molecule has 5 heteroatoms. The lowest BCUT2D eigenvalue weighted by atomic mass is 10.1. The quantitative estimate of drug-likeness (QED) is 0.435. The Bertz CT molecular complexity index is 1150. The van der Waals surface area contributed by atoms with E-state index >= 15 is 0 Å². The number of hydrogen-bond acceptors (Lipinski definition) is 3. The van der Waals surface area contributed by atoms with Gasteiger partial charge in [-0.15, -0.1) is 0 Å². The third kappa shape index (κ3) is 3.53. The van der Waals surface area contributed by atoms with Crippen LogP contribution in [0, 0.1) is 19.7 Å². The maximum atomic E-state index is 13.7. The zero-order valence-electron chi connectivity index (χ0n) is 15.6. The number of benzene rings is 3. The molecule has 0 unspecified atom stereocenters. The Labute approximate surface area is 167 Å². The summed E-state index contributed by atoms with van der Waals surface area (Å²) < 4.78 is 14.7. The molecule has 3 nitrogen and oxygen atoms in total. The Kier molecular flexibility index (Phi) is 4.92. The Morgan fingerprint density at radius 1 is 1.04 bits per heavy atom. The van der Waals surface area contributed by atoms with Gasteiger partial charge in [0.2, 0.25) is 0 Å². The van der Waals surface area contributed by atoms with E-state index in [9.17, 15) is 9.18 Å². The summed E-state index contributed by atoms with van der Waals surface area (Å²) in [5, 5.41) is 0.613. The maximum Gasteiger partial charge on any atom is 0.260 e. The molecule has 1 heterocycles. The summed E-state index contributed by atoms with van der Waals surface area (Å²) in [5.41, 5.74) is 4.47. The molecule has 0 fully saturated rings. The molecular weight excluding hydrogens is 371 g/mol. The van der Waals surface area contributed by atoms with Crippen LogP contribution < -0.4 is 4.90 Å². The van der Waals surface area contributed by atoms with E-state index in [4.69, 9.17) is 4.98 Å². The number of nitrogens with zero attached hydrogens (tertiary/aromatic N) is 2. The van der Waals surface area contributed by atoms with Crippen LogP contribution in [-0.4, -0.2) is 10.9 Å². The summed E-state index contributed by atoms with van der Waals surface area (Å²) in [5.74, 6) is -0.696. The molecule has 4 rings (SSSR count). The van der Waals surface area contributed by atoms with Gasteiger partial charge >= 0.3 is 0 Å². The summed E-state index contributed by atoms with van der Waals surface area (Å²) in [4.78, 5) is 19.7. The molecular formula is C23H19FN2OS. The predicted molar refractivity (Wildman–Crippen MR) is 112 cm³/mol. The normalized spacial score (nSPS) is 11.0. The highest BCUT2D eigenvalue weighted by Crippen LogP contribution is 2.33. The molecule has 0 bridgehead atoms. The zero-order valence-corrected chi connectivity index (χ0v) is 16.5. The van der Waals surface area contributed by atoms with Crippen LogP contribution >= 0.6 is 11.3 Å². The summed E-state index contributed by atoms with van der Waals surface area (Å²) >= 11 is 1.47.